The van der Waals surface area contributed by atoms with Crippen molar-refractivity contribution in [3.05, 3.63) is 145 Å². The first kappa shape index (κ1) is 23.1. The van der Waals surface area contributed by atoms with E-state index in [-0.39, 0.29) is 5.41 Å². The minimum Gasteiger partial charge on any atom is -0.0622 e. The summed E-state index contributed by atoms with van der Waals surface area (Å²) in [4.78, 5) is 0. The summed E-state index contributed by atoms with van der Waals surface area (Å²) in [5.74, 6) is 0. The minimum atomic E-state index is 0.172. The average molecular weight is 523 g/mol. The van der Waals surface area contributed by atoms with Gasteiger partial charge in [0.1, 0.15) is 0 Å². The normalized spacial score (nSPS) is 15.1. The quantitative estimate of drug-likeness (QED) is 0.198. The summed E-state index contributed by atoms with van der Waals surface area (Å²) < 4.78 is 0. The Labute approximate surface area is 240 Å². The molecule has 0 aromatic heterocycles. The van der Waals surface area contributed by atoms with Gasteiger partial charge in [-0.2, -0.15) is 0 Å². The lowest BCUT2D eigenvalue weighted by Gasteiger charge is -2.27. The third-order valence-corrected chi connectivity index (χ3v) is 9.98. The maximum atomic E-state index is 2.55. The van der Waals surface area contributed by atoms with Crippen LogP contribution in [0.1, 0.15) is 36.8 Å². The highest BCUT2D eigenvalue weighted by molar-refractivity contribution is 6.25. The lowest BCUT2D eigenvalue weighted by atomic mass is 9.76. The van der Waals surface area contributed by atoms with Gasteiger partial charge in [-0.25, -0.2) is 0 Å². The number of rotatable bonds is 2. The Morgan fingerprint density at radius 2 is 0.951 bits per heavy atom. The zero-order chi connectivity index (χ0) is 27.0. The molecule has 9 rings (SSSR count). The van der Waals surface area contributed by atoms with E-state index in [1.807, 2.05) is 0 Å². The van der Waals surface area contributed by atoms with Crippen LogP contribution in [0.15, 0.2) is 133 Å². The first-order valence-electron chi connectivity index (χ1n) is 15.0. The number of fused-ring (bicyclic) bond motifs is 10. The van der Waals surface area contributed by atoms with Crippen molar-refractivity contribution in [2.45, 2.75) is 31.1 Å². The van der Waals surface area contributed by atoms with E-state index in [0.29, 0.717) is 0 Å². The highest BCUT2D eigenvalue weighted by atomic mass is 14.5. The van der Waals surface area contributed by atoms with E-state index < -0.39 is 0 Å². The molecular weight excluding hydrogens is 492 g/mol. The van der Waals surface area contributed by atoms with Crippen LogP contribution in [-0.2, 0) is 5.41 Å². The summed E-state index contributed by atoms with van der Waals surface area (Å²) in [6.45, 7) is 0. The standard InChI is InChI=1S/C41H30/c1-2-12-27(13-3-1)36-24-29-25-37(31-15-5-7-18-35(31)40(29)34-17-6-4-14-30(34)36)28-20-21-33-32-16-8-9-19-38(32)41(39(33)26-28)22-10-11-23-41/h1-9,12-21,24-26H,10-11,22-23H2. The monoisotopic (exact) mass is 522 g/mol. The Bertz CT molecular complexity index is 2140. The molecule has 1 spiro atoms. The van der Waals surface area contributed by atoms with Gasteiger partial charge >= 0.3 is 0 Å². The second kappa shape index (κ2) is 8.66. The van der Waals surface area contributed by atoms with Crippen LogP contribution in [0.25, 0.3) is 65.7 Å². The Hall–Kier alpha value is -4.68. The summed E-state index contributed by atoms with van der Waals surface area (Å²) in [5.41, 5.74) is 11.4. The highest BCUT2D eigenvalue weighted by Gasteiger charge is 2.44. The fourth-order valence-corrected chi connectivity index (χ4v) is 8.22. The molecule has 0 atom stereocenters. The molecule has 0 heteroatoms. The van der Waals surface area contributed by atoms with Crippen LogP contribution >= 0.6 is 0 Å². The largest absolute Gasteiger partial charge is 0.0622 e. The zero-order valence-electron chi connectivity index (χ0n) is 23.0. The predicted molar refractivity (Wildman–Crippen MR) is 175 cm³/mol. The van der Waals surface area contributed by atoms with Crippen LogP contribution in [0.5, 0.6) is 0 Å². The second-order valence-corrected chi connectivity index (χ2v) is 12.0. The van der Waals surface area contributed by atoms with Gasteiger partial charge in [0.05, 0.1) is 0 Å². The van der Waals surface area contributed by atoms with E-state index in [2.05, 4.69) is 133 Å². The summed E-state index contributed by atoms with van der Waals surface area (Å²) in [7, 11) is 0. The van der Waals surface area contributed by atoms with Gasteiger partial charge in [-0.05, 0) is 108 Å². The van der Waals surface area contributed by atoms with Crippen LogP contribution in [0.4, 0.5) is 0 Å². The Balaban J connectivity index is 1.35. The number of hydrogen-bond donors (Lipinski definition) is 0. The third-order valence-electron chi connectivity index (χ3n) is 9.98. The SMILES string of the molecule is c1ccc(-c2cc3cc(-c4ccc5c(c4)C4(CCCC4)c4ccccc4-5)c4ccccc4c3c3ccccc23)cc1. The van der Waals surface area contributed by atoms with Crippen molar-refractivity contribution in [2.75, 3.05) is 0 Å². The summed E-state index contributed by atoms with van der Waals surface area (Å²) in [5, 5.41) is 7.93. The molecule has 1 fully saturated rings. The van der Waals surface area contributed by atoms with Crippen LogP contribution < -0.4 is 0 Å². The van der Waals surface area contributed by atoms with Gasteiger partial charge in [0, 0.05) is 5.41 Å². The second-order valence-electron chi connectivity index (χ2n) is 12.0. The molecule has 2 aliphatic carbocycles. The molecule has 0 nitrogen and oxygen atoms in total. The first-order chi connectivity index (χ1) is 20.3. The van der Waals surface area contributed by atoms with Crippen molar-refractivity contribution in [3.63, 3.8) is 0 Å². The molecule has 41 heavy (non-hydrogen) atoms. The lowest BCUT2D eigenvalue weighted by molar-refractivity contribution is 0.550. The van der Waals surface area contributed by atoms with Gasteiger partial charge in [0.25, 0.3) is 0 Å². The van der Waals surface area contributed by atoms with E-state index in [9.17, 15) is 0 Å². The highest BCUT2D eigenvalue weighted by Crippen LogP contribution is 2.57. The molecule has 1 saturated carbocycles. The molecule has 0 heterocycles. The van der Waals surface area contributed by atoms with Crippen molar-refractivity contribution in [1.29, 1.82) is 0 Å². The predicted octanol–water partition coefficient (Wildman–Crippen LogP) is 11.3. The maximum absolute atomic E-state index is 2.55. The molecule has 0 amide bonds. The van der Waals surface area contributed by atoms with Gasteiger partial charge < -0.3 is 0 Å². The molecule has 2 aliphatic rings. The lowest BCUT2D eigenvalue weighted by Crippen LogP contribution is -2.20. The topological polar surface area (TPSA) is 0 Å². The summed E-state index contributed by atoms with van der Waals surface area (Å²) in [6.07, 6.45) is 5.13. The Kier molecular flexibility index (Phi) is 4.87. The summed E-state index contributed by atoms with van der Waals surface area (Å²) in [6, 6.07) is 50.2. The van der Waals surface area contributed by atoms with Crippen molar-refractivity contribution >= 4 is 32.3 Å². The van der Waals surface area contributed by atoms with Gasteiger partial charge in [-0.1, -0.05) is 128 Å². The van der Waals surface area contributed by atoms with Crippen LogP contribution in [0, 0.1) is 0 Å². The molecule has 0 bridgehead atoms. The molecule has 0 radical (unpaired) electrons. The van der Waals surface area contributed by atoms with E-state index >= 15 is 0 Å². The van der Waals surface area contributed by atoms with E-state index in [1.165, 1.54) is 91.4 Å². The molecule has 0 N–H and O–H groups in total. The molecule has 7 aromatic carbocycles. The first-order valence-corrected chi connectivity index (χ1v) is 15.0. The van der Waals surface area contributed by atoms with Crippen LogP contribution in [0.2, 0.25) is 0 Å². The van der Waals surface area contributed by atoms with E-state index in [0.717, 1.165) is 0 Å². The summed E-state index contributed by atoms with van der Waals surface area (Å²) >= 11 is 0. The van der Waals surface area contributed by atoms with Gasteiger partial charge in [-0.3, -0.25) is 0 Å². The average Bonchev–Trinajstić information content (AvgIpc) is 3.64. The minimum absolute atomic E-state index is 0.172. The zero-order valence-corrected chi connectivity index (χ0v) is 23.0. The smallest absolute Gasteiger partial charge is 0.0215 e. The molecule has 0 saturated heterocycles. The van der Waals surface area contributed by atoms with E-state index in [4.69, 9.17) is 0 Å². The van der Waals surface area contributed by atoms with Crippen molar-refractivity contribution in [3.8, 4) is 33.4 Å². The number of hydrogen-bond acceptors (Lipinski definition) is 0. The van der Waals surface area contributed by atoms with Crippen molar-refractivity contribution < 1.29 is 0 Å². The third kappa shape index (κ3) is 3.22. The fourth-order valence-electron chi connectivity index (χ4n) is 8.22. The van der Waals surface area contributed by atoms with E-state index in [1.54, 1.807) is 11.1 Å². The maximum Gasteiger partial charge on any atom is 0.0215 e. The fraction of sp³-hybridized carbons (Fsp3) is 0.122. The molecule has 0 aliphatic heterocycles. The molecule has 194 valence electrons. The van der Waals surface area contributed by atoms with Crippen molar-refractivity contribution in [2.24, 2.45) is 0 Å². The molecular formula is C41H30. The van der Waals surface area contributed by atoms with Crippen LogP contribution in [-0.4, -0.2) is 0 Å². The molecule has 0 unspecified atom stereocenters. The Morgan fingerprint density at radius 3 is 1.66 bits per heavy atom. The number of benzene rings is 7. The Morgan fingerprint density at radius 1 is 0.390 bits per heavy atom. The molecule has 7 aromatic rings. The van der Waals surface area contributed by atoms with Gasteiger partial charge in [-0.15, -0.1) is 0 Å². The van der Waals surface area contributed by atoms with Crippen molar-refractivity contribution in [1.82, 2.24) is 0 Å². The van der Waals surface area contributed by atoms with Gasteiger partial charge in [0.2, 0.25) is 0 Å². The van der Waals surface area contributed by atoms with Gasteiger partial charge in [0.15, 0.2) is 0 Å². The van der Waals surface area contributed by atoms with Crippen LogP contribution in [0.3, 0.4) is 0 Å².